The minimum absolute atomic E-state index is 0.640. The van der Waals surface area contributed by atoms with E-state index in [1.165, 1.54) is 6.42 Å². The first-order valence-corrected chi connectivity index (χ1v) is 7.15. The minimum Gasteiger partial charge on any atom is -0.492 e. The molecule has 0 N–H and O–H groups in total. The molecule has 1 aromatic carbocycles. The summed E-state index contributed by atoms with van der Waals surface area (Å²) < 4.78 is 5.71. The van der Waals surface area contributed by atoms with Gasteiger partial charge in [-0.3, -0.25) is 0 Å². The second-order valence-corrected chi connectivity index (χ2v) is 5.08. The van der Waals surface area contributed by atoms with Gasteiger partial charge in [0, 0.05) is 6.54 Å². The van der Waals surface area contributed by atoms with E-state index in [4.69, 9.17) is 10.00 Å². The van der Waals surface area contributed by atoms with Crippen LogP contribution in [0.4, 0.5) is 0 Å². The van der Waals surface area contributed by atoms with E-state index in [1.807, 2.05) is 12.1 Å². The smallest absolute Gasteiger partial charge is 0.120 e. The maximum atomic E-state index is 8.84. The fraction of sp³-hybridized carbons (Fsp3) is 0.562. The van der Waals surface area contributed by atoms with E-state index in [1.54, 1.807) is 12.1 Å². The molecule has 0 fully saturated rings. The molecule has 0 heterocycles. The van der Waals surface area contributed by atoms with Crippen LogP contribution in [0.3, 0.4) is 0 Å². The van der Waals surface area contributed by atoms with E-state index in [0.29, 0.717) is 12.2 Å². The zero-order valence-electron chi connectivity index (χ0n) is 12.8. The molecule has 0 amide bonds. The third kappa shape index (κ3) is 6.55. The Morgan fingerprint density at radius 3 is 2.65 bits per heavy atom. The number of benzene rings is 1. The molecule has 0 atom stereocenters. The highest BCUT2D eigenvalue weighted by atomic mass is 16.5. The molecule has 1 rings (SSSR count). The predicted octanol–water partition coefficient (Wildman–Crippen LogP) is 2.21. The Balaban J connectivity index is 2.28. The molecule has 4 heteroatoms. The zero-order valence-corrected chi connectivity index (χ0v) is 12.8. The molecule has 0 aliphatic carbocycles. The van der Waals surface area contributed by atoms with Crippen molar-refractivity contribution in [3.8, 4) is 11.8 Å². The van der Waals surface area contributed by atoms with E-state index >= 15 is 0 Å². The Labute approximate surface area is 122 Å². The lowest BCUT2D eigenvalue weighted by molar-refractivity contribution is 0.208. The van der Waals surface area contributed by atoms with Crippen LogP contribution in [0.5, 0.6) is 5.75 Å². The molecule has 0 aromatic heterocycles. The molecule has 0 unspecified atom stereocenters. The first-order chi connectivity index (χ1) is 9.65. The van der Waals surface area contributed by atoms with E-state index in [2.05, 4.69) is 36.9 Å². The number of likely N-dealkylation sites (N-methyl/N-ethyl adjacent to an activating group) is 1. The van der Waals surface area contributed by atoms with Crippen molar-refractivity contribution in [3.63, 3.8) is 0 Å². The molecular weight excluding hydrogens is 250 g/mol. The highest BCUT2D eigenvalue weighted by molar-refractivity contribution is 5.36. The lowest BCUT2D eigenvalue weighted by atomic mass is 10.2. The highest BCUT2D eigenvalue weighted by Crippen LogP contribution is 2.12. The number of ether oxygens (including phenoxy) is 1. The van der Waals surface area contributed by atoms with Gasteiger partial charge in [0.05, 0.1) is 11.6 Å². The first kappa shape index (κ1) is 16.5. The van der Waals surface area contributed by atoms with Crippen molar-refractivity contribution in [1.29, 1.82) is 5.26 Å². The van der Waals surface area contributed by atoms with Crippen molar-refractivity contribution < 1.29 is 4.74 Å². The van der Waals surface area contributed by atoms with Gasteiger partial charge in [-0.25, -0.2) is 0 Å². The van der Waals surface area contributed by atoms with Gasteiger partial charge in [-0.2, -0.15) is 5.26 Å². The fourth-order valence-electron chi connectivity index (χ4n) is 1.99. The number of rotatable bonds is 9. The molecule has 0 spiro atoms. The standard InChI is InChI=1S/C16H25N3O/c1-4-19(10-6-9-18(2)3)11-12-20-16-8-5-7-15(13-16)14-17/h5,7-8,13H,4,6,9-12H2,1-3H3. The molecule has 110 valence electrons. The second kappa shape index (κ2) is 9.35. The maximum absolute atomic E-state index is 8.84. The van der Waals surface area contributed by atoms with Gasteiger partial charge in [0.2, 0.25) is 0 Å². The van der Waals surface area contributed by atoms with Gasteiger partial charge in [-0.1, -0.05) is 13.0 Å². The summed E-state index contributed by atoms with van der Waals surface area (Å²) in [5.74, 6) is 0.772. The van der Waals surface area contributed by atoms with Gasteiger partial charge in [-0.05, 0) is 58.3 Å². The Morgan fingerprint density at radius 2 is 2.00 bits per heavy atom. The summed E-state index contributed by atoms with van der Waals surface area (Å²) in [6.07, 6.45) is 1.17. The quantitative estimate of drug-likeness (QED) is 0.693. The Bertz CT molecular complexity index is 426. The molecular formula is C16H25N3O. The SMILES string of the molecule is CCN(CCCN(C)C)CCOc1cccc(C#N)c1. The topological polar surface area (TPSA) is 39.5 Å². The van der Waals surface area contributed by atoms with Crippen molar-refractivity contribution in [2.45, 2.75) is 13.3 Å². The third-order valence-corrected chi connectivity index (χ3v) is 3.17. The largest absolute Gasteiger partial charge is 0.492 e. The van der Waals surface area contributed by atoms with Gasteiger partial charge in [-0.15, -0.1) is 0 Å². The fourth-order valence-corrected chi connectivity index (χ4v) is 1.99. The molecule has 0 saturated heterocycles. The summed E-state index contributed by atoms with van der Waals surface area (Å²) in [6.45, 7) is 6.99. The van der Waals surface area contributed by atoms with E-state index in [-0.39, 0.29) is 0 Å². The normalized spacial score (nSPS) is 10.8. The summed E-state index contributed by atoms with van der Waals surface area (Å²) in [6, 6.07) is 9.43. The summed E-state index contributed by atoms with van der Waals surface area (Å²) in [5, 5.41) is 8.84. The van der Waals surface area contributed by atoms with Crippen molar-refractivity contribution >= 4 is 0 Å². The number of nitrogens with zero attached hydrogens (tertiary/aromatic N) is 3. The van der Waals surface area contributed by atoms with Crippen LogP contribution in [-0.2, 0) is 0 Å². The molecule has 4 nitrogen and oxygen atoms in total. The van der Waals surface area contributed by atoms with Crippen molar-refractivity contribution in [2.24, 2.45) is 0 Å². The van der Waals surface area contributed by atoms with Crippen LogP contribution in [-0.4, -0.2) is 56.7 Å². The van der Waals surface area contributed by atoms with E-state index in [0.717, 1.165) is 31.9 Å². The Hall–Kier alpha value is -1.57. The maximum Gasteiger partial charge on any atom is 0.120 e. The van der Waals surface area contributed by atoms with Gasteiger partial charge in [0.1, 0.15) is 12.4 Å². The highest BCUT2D eigenvalue weighted by Gasteiger charge is 2.03. The minimum atomic E-state index is 0.640. The third-order valence-electron chi connectivity index (χ3n) is 3.17. The van der Waals surface area contributed by atoms with E-state index < -0.39 is 0 Å². The second-order valence-electron chi connectivity index (χ2n) is 5.08. The van der Waals surface area contributed by atoms with Crippen LogP contribution in [0.25, 0.3) is 0 Å². The van der Waals surface area contributed by atoms with Gasteiger partial charge >= 0.3 is 0 Å². The summed E-state index contributed by atoms with van der Waals surface area (Å²) in [7, 11) is 4.20. The predicted molar refractivity (Wildman–Crippen MR) is 81.9 cm³/mol. The number of nitriles is 1. The molecule has 0 radical (unpaired) electrons. The Kier molecular flexibility index (Phi) is 7.71. The molecule has 0 bridgehead atoms. The van der Waals surface area contributed by atoms with Gasteiger partial charge < -0.3 is 14.5 Å². The first-order valence-electron chi connectivity index (χ1n) is 7.15. The van der Waals surface area contributed by atoms with Crippen LogP contribution in [0.15, 0.2) is 24.3 Å². The summed E-state index contributed by atoms with van der Waals surface area (Å²) in [5.41, 5.74) is 0.640. The summed E-state index contributed by atoms with van der Waals surface area (Å²) >= 11 is 0. The van der Waals surface area contributed by atoms with Crippen LogP contribution in [0, 0.1) is 11.3 Å². The van der Waals surface area contributed by atoms with Gasteiger partial charge in [0.25, 0.3) is 0 Å². The van der Waals surface area contributed by atoms with Crippen LogP contribution < -0.4 is 4.74 Å². The Morgan fingerprint density at radius 1 is 1.20 bits per heavy atom. The molecule has 1 aromatic rings. The van der Waals surface area contributed by atoms with Crippen LogP contribution >= 0.6 is 0 Å². The van der Waals surface area contributed by atoms with Gasteiger partial charge in [0.15, 0.2) is 0 Å². The lowest BCUT2D eigenvalue weighted by Crippen LogP contribution is -2.31. The van der Waals surface area contributed by atoms with E-state index in [9.17, 15) is 0 Å². The average Bonchev–Trinajstić information content (AvgIpc) is 2.45. The summed E-state index contributed by atoms with van der Waals surface area (Å²) in [4.78, 5) is 4.59. The molecule has 0 aliphatic rings. The van der Waals surface area contributed by atoms with Crippen LogP contribution in [0.1, 0.15) is 18.9 Å². The van der Waals surface area contributed by atoms with Crippen molar-refractivity contribution in [1.82, 2.24) is 9.80 Å². The molecule has 20 heavy (non-hydrogen) atoms. The van der Waals surface area contributed by atoms with Crippen LogP contribution in [0.2, 0.25) is 0 Å². The van der Waals surface area contributed by atoms with Crippen molar-refractivity contribution in [3.05, 3.63) is 29.8 Å². The average molecular weight is 275 g/mol. The molecule has 0 saturated carbocycles. The monoisotopic (exact) mass is 275 g/mol. The number of hydrogen-bond acceptors (Lipinski definition) is 4. The zero-order chi connectivity index (χ0) is 14.8. The molecule has 0 aliphatic heterocycles. The number of hydrogen-bond donors (Lipinski definition) is 0. The van der Waals surface area contributed by atoms with Crippen molar-refractivity contribution in [2.75, 3.05) is 46.9 Å². The lowest BCUT2D eigenvalue weighted by Gasteiger charge is -2.21.